The van der Waals surface area contributed by atoms with E-state index >= 15 is 0 Å². The van der Waals surface area contributed by atoms with E-state index in [2.05, 4.69) is 16.0 Å². The number of carbonyl (C=O) groups excluding carboxylic acids is 2. The van der Waals surface area contributed by atoms with Crippen LogP contribution in [0.4, 0.5) is 4.79 Å². The van der Waals surface area contributed by atoms with Crippen LogP contribution >= 0.6 is 19.2 Å². The zero-order valence-corrected chi connectivity index (χ0v) is 21.6. The minimum absolute atomic E-state index is 0.153. The van der Waals surface area contributed by atoms with Gasteiger partial charge in [-0.05, 0) is 51.2 Å². The van der Waals surface area contributed by atoms with Gasteiger partial charge in [0.1, 0.15) is 12.2 Å². The normalized spacial score (nSPS) is 13.0. The molecule has 1 rings (SSSR count). The van der Waals surface area contributed by atoms with Gasteiger partial charge in [-0.3, -0.25) is 14.2 Å². The number of aliphatic hydroxyl groups excluding tert-OH is 1. The maximum absolute atomic E-state index is 12.7. The summed E-state index contributed by atoms with van der Waals surface area (Å²) in [6, 6.07) is 5.35. The van der Waals surface area contributed by atoms with E-state index in [9.17, 15) is 24.1 Å². The molecule has 0 fully saturated rings. The molecule has 0 saturated carbocycles. The molecule has 198 valence electrons. The molecule has 13 heteroatoms. The predicted molar refractivity (Wildman–Crippen MR) is 132 cm³/mol. The minimum atomic E-state index is -3.49. The first-order valence-corrected chi connectivity index (χ1v) is 13.5. The van der Waals surface area contributed by atoms with Gasteiger partial charge in [-0.15, -0.1) is 0 Å². The van der Waals surface area contributed by atoms with Crippen LogP contribution in [0.2, 0.25) is 5.02 Å². The fraction of sp³-hybridized carbons (Fsp3) is 0.591. The lowest BCUT2D eigenvalue weighted by Crippen LogP contribution is -2.50. The number of benzene rings is 1. The third kappa shape index (κ3) is 12.4. The standard InChI is InChI=1S/C22H35ClN3O8P/c1-3-33-35(32,34-4-2)15-20(28)24-12-8-7-11-19(26-22(30)31)21(29)25-17(14-27)13-16-9-5-6-10-18(16)23/h5-6,9-10,17,19,26-27H,3-4,7-8,11-15H2,1-2H3,(H,24,28)(H,25,29)(H,30,31)/t17-,19?/m0/s1. The van der Waals surface area contributed by atoms with Crippen molar-refractivity contribution in [2.45, 2.75) is 51.6 Å². The fourth-order valence-corrected chi connectivity index (χ4v) is 4.99. The first-order valence-electron chi connectivity index (χ1n) is 11.4. The van der Waals surface area contributed by atoms with E-state index < -0.39 is 43.7 Å². The molecule has 1 unspecified atom stereocenters. The first-order chi connectivity index (χ1) is 16.6. The Morgan fingerprint density at radius 2 is 1.74 bits per heavy atom. The van der Waals surface area contributed by atoms with Crippen molar-refractivity contribution in [1.82, 2.24) is 16.0 Å². The van der Waals surface area contributed by atoms with Gasteiger partial charge in [0.15, 0.2) is 0 Å². The Morgan fingerprint density at radius 1 is 1.09 bits per heavy atom. The summed E-state index contributed by atoms with van der Waals surface area (Å²) < 4.78 is 22.6. The summed E-state index contributed by atoms with van der Waals surface area (Å²) in [5.74, 6) is -1.06. The van der Waals surface area contributed by atoms with E-state index in [1.54, 1.807) is 38.1 Å². The summed E-state index contributed by atoms with van der Waals surface area (Å²) in [5.41, 5.74) is 0.741. The van der Waals surface area contributed by atoms with Gasteiger partial charge < -0.3 is 35.2 Å². The molecule has 0 spiro atoms. The molecule has 0 bridgehead atoms. The van der Waals surface area contributed by atoms with Crippen molar-refractivity contribution in [3.05, 3.63) is 34.9 Å². The molecule has 1 aromatic carbocycles. The van der Waals surface area contributed by atoms with E-state index in [1.165, 1.54) is 0 Å². The predicted octanol–water partition coefficient (Wildman–Crippen LogP) is 2.55. The number of unbranched alkanes of at least 4 members (excludes halogenated alkanes) is 1. The third-order valence-corrected chi connectivity index (χ3v) is 7.18. The fourth-order valence-electron chi connectivity index (χ4n) is 3.27. The van der Waals surface area contributed by atoms with Crippen LogP contribution in [0.15, 0.2) is 24.3 Å². The van der Waals surface area contributed by atoms with Gasteiger partial charge in [-0.2, -0.15) is 0 Å². The van der Waals surface area contributed by atoms with E-state index in [4.69, 9.17) is 25.8 Å². The molecule has 1 aromatic rings. The van der Waals surface area contributed by atoms with Crippen LogP contribution in [-0.2, 0) is 29.6 Å². The molecule has 0 radical (unpaired) electrons. The summed E-state index contributed by atoms with van der Waals surface area (Å²) >= 11 is 6.14. The Morgan fingerprint density at radius 3 is 2.31 bits per heavy atom. The zero-order valence-electron chi connectivity index (χ0n) is 20.0. The molecular formula is C22H35ClN3O8P. The number of carboxylic acid groups (broad SMARTS) is 1. The Kier molecular flexibility index (Phi) is 14.5. The van der Waals surface area contributed by atoms with Gasteiger partial charge in [0.05, 0.1) is 25.9 Å². The van der Waals surface area contributed by atoms with Gasteiger partial charge in [0.2, 0.25) is 11.8 Å². The lowest BCUT2D eigenvalue weighted by Gasteiger charge is -2.22. The number of hydrogen-bond donors (Lipinski definition) is 5. The van der Waals surface area contributed by atoms with E-state index in [0.717, 1.165) is 5.56 Å². The van der Waals surface area contributed by atoms with Crippen LogP contribution in [0.5, 0.6) is 0 Å². The van der Waals surface area contributed by atoms with Crippen LogP contribution in [0.25, 0.3) is 0 Å². The molecule has 0 aliphatic carbocycles. The molecule has 35 heavy (non-hydrogen) atoms. The third-order valence-electron chi connectivity index (χ3n) is 4.84. The van der Waals surface area contributed by atoms with E-state index in [-0.39, 0.29) is 39.2 Å². The van der Waals surface area contributed by atoms with Crippen molar-refractivity contribution in [3.8, 4) is 0 Å². The Labute approximate surface area is 210 Å². The van der Waals surface area contributed by atoms with Gasteiger partial charge in [-0.1, -0.05) is 29.8 Å². The van der Waals surface area contributed by atoms with Crippen molar-refractivity contribution in [2.75, 3.05) is 32.5 Å². The molecule has 11 nitrogen and oxygen atoms in total. The smallest absolute Gasteiger partial charge is 0.405 e. The maximum Gasteiger partial charge on any atom is 0.405 e. The number of hydrogen-bond acceptors (Lipinski definition) is 7. The molecule has 0 aliphatic heterocycles. The maximum atomic E-state index is 12.7. The monoisotopic (exact) mass is 535 g/mol. The number of halogens is 1. The number of rotatable bonds is 17. The Balaban J connectivity index is 2.54. The zero-order chi connectivity index (χ0) is 26.3. The average molecular weight is 536 g/mol. The van der Waals surface area contributed by atoms with Crippen LogP contribution < -0.4 is 16.0 Å². The van der Waals surface area contributed by atoms with Gasteiger partial charge >= 0.3 is 13.7 Å². The lowest BCUT2D eigenvalue weighted by molar-refractivity contribution is -0.124. The average Bonchev–Trinajstić information content (AvgIpc) is 2.78. The Hall–Kier alpha value is -2.17. The highest BCUT2D eigenvalue weighted by Gasteiger charge is 2.27. The molecule has 5 N–H and O–H groups in total. The lowest BCUT2D eigenvalue weighted by atomic mass is 10.0. The minimum Gasteiger partial charge on any atom is -0.465 e. The summed E-state index contributed by atoms with van der Waals surface area (Å²) in [6.45, 7) is 3.50. The molecule has 0 aromatic heterocycles. The van der Waals surface area contributed by atoms with Gasteiger partial charge in [0.25, 0.3) is 0 Å². The second-order valence-corrected chi connectivity index (χ2v) is 10.1. The second kappa shape index (κ2) is 16.5. The van der Waals surface area contributed by atoms with Crippen LogP contribution in [0, 0.1) is 0 Å². The second-order valence-electron chi connectivity index (χ2n) is 7.64. The van der Waals surface area contributed by atoms with Gasteiger partial charge in [-0.25, -0.2) is 4.79 Å². The number of aliphatic hydroxyl groups is 1. The molecule has 0 aliphatic rings. The number of nitrogens with one attached hydrogen (secondary N) is 3. The quantitative estimate of drug-likeness (QED) is 0.150. The van der Waals surface area contributed by atoms with E-state index in [1.807, 2.05) is 0 Å². The van der Waals surface area contributed by atoms with E-state index in [0.29, 0.717) is 17.9 Å². The summed E-state index contributed by atoms with van der Waals surface area (Å²) in [7, 11) is -3.49. The first kappa shape index (κ1) is 30.9. The number of amides is 3. The van der Waals surface area contributed by atoms with Crippen molar-refractivity contribution in [2.24, 2.45) is 0 Å². The van der Waals surface area contributed by atoms with Crippen LogP contribution in [0.3, 0.4) is 0 Å². The Bertz CT molecular complexity index is 863. The van der Waals surface area contributed by atoms with Crippen molar-refractivity contribution < 1.29 is 38.2 Å². The molecule has 2 atom stereocenters. The van der Waals surface area contributed by atoms with Crippen molar-refractivity contribution in [1.29, 1.82) is 0 Å². The summed E-state index contributed by atoms with van der Waals surface area (Å²) in [5, 5.41) is 26.7. The summed E-state index contributed by atoms with van der Waals surface area (Å²) in [4.78, 5) is 35.9. The molecular weight excluding hydrogens is 501 g/mol. The molecule has 3 amide bonds. The van der Waals surface area contributed by atoms with Crippen molar-refractivity contribution in [3.63, 3.8) is 0 Å². The molecule has 0 heterocycles. The largest absolute Gasteiger partial charge is 0.465 e. The van der Waals surface area contributed by atoms with Crippen molar-refractivity contribution >= 4 is 37.1 Å². The van der Waals surface area contributed by atoms with Gasteiger partial charge in [0, 0.05) is 11.6 Å². The summed E-state index contributed by atoms with van der Waals surface area (Å²) in [6.07, 6.45) is -0.424. The highest BCUT2D eigenvalue weighted by Crippen LogP contribution is 2.47. The highest BCUT2D eigenvalue weighted by atomic mass is 35.5. The topological polar surface area (TPSA) is 163 Å². The van der Waals surface area contributed by atoms with Crippen LogP contribution in [0.1, 0.15) is 38.7 Å². The SMILES string of the molecule is CCOP(=O)(CC(=O)NCCCCC(NC(=O)O)C(=O)N[C@H](CO)Cc1ccccc1Cl)OCC. The number of carbonyl (C=O) groups is 3. The highest BCUT2D eigenvalue weighted by molar-refractivity contribution is 7.54. The molecule has 0 saturated heterocycles. The van der Waals surface area contributed by atoms with Crippen LogP contribution in [-0.4, -0.2) is 72.7 Å².